The van der Waals surface area contributed by atoms with E-state index in [-0.39, 0.29) is 24.5 Å². The molecule has 1 aromatic heterocycles. The van der Waals surface area contributed by atoms with Crippen molar-refractivity contribution in [3.05, 3.63) is 46.2 Å². The number of carbonyl (C=O) groups excluding carboxylic acids is 3. The molecule has 0 saturated carbocycles. The van der Waals surface area contributed by atoms with Crippen molar-refractivity contribution >= 4 is 40.5 Å². The maximum Gasteiger partial charge on any atom is 0.355 e. The fourth-order valence-corrected chi connectivity index (χ4v) is 4.27. The highest BCUT2D eigenvalue weighted by Gasteiger charge is 2.34. The highest BCUT2D eigenvalue weighted by atomic mass is 32.1. The lowest BCUT2D eigenvalue weighted by atomic mass is 10.0. The zero-order valence-corrected chi connectivity index (χ0v) is 18.9. The predicted octanol–water partition coefficient (Wildman–Crippen LogP) is 2.25. The molecule has 0 spiro atoms. The summed E-state index contributed by atoms with van der Waals surface area (Å²) in [4.78, 5) is 37.4. The fourth-order valence-electron chi connectivity index (χ4n) is 3.55. The standard InChI is InChI=1S/C22H22N4O6S/c1-30-17-7-5-13(10-18(17)31-2)16-11-15(19-4-3-9-33-19)25-26(16)21(28)12-32-22(29)14-6-8-20(27)24-23-14/h3-5,7,9-10,16H,6,8,11-12H2,1-2H3,(H,24,27). The maximum atomic E-state index is 13.0. The molecule has 0 radical (unpaired) electrons. The predicted molar refractivity (Wildman–Crippen MR) is 120 cm³/mol. The zero-order chi connectivity index (χ0) is 23.4. The normalized spacial score (nSPS) is 17.7. The maximum absolute atomic E-state index is 13.0. The van der Waals surface area contributed by atoms with Crippen LogP contribution in [0.1, 0.15) is 35.7 Å². The molecule has 0 fully saturated rings. The average Bonchev–Trinajstić information content (AvgIpc) is 3.52. The number of methoxy groups -OCH3 is 2. The Morgan fingerprint density at radius 1 is 1.18 bits per heavy atom. The number of esters is 1. The van der Waals surface area contributed by atoms with Gasteiger partial charge in [0.25, 0.3) is 5.91 Å². The molecule has 1 atom stereocenters. The molecular formula is C22H22N4O6S. The quantitative estimate of drug-likeness (QED) is 0.620. The van der Waals surface area contributed by atoms with Crippen LogP contribution in [0.5, 0.6) is 11.5 Å². The number of thiophene rings is 1. The summed E-state index contributed by atoms with van der Waals surface area (Å²) < 4.78 is 15.9. The van der Waals surface area contributed by atoms with Gasteiger partial charge < -0.3 is 14.2 Å². The lowest BCUT2D eigenvalue weighted by Crippen LogP contribution is -2.34. The Hall–Kier alpha value is -3.73. The van der Waals surface area contributed by atoms with E-state index in [1.165, 1.54) is 16.3 Å². The minimum absolute atomic E-state index is 0.0723. The Morgan fingerprint density at radius 2 is 2.00 bits per heavy atom. The number of rotatable bonds is 7. The molecule has 1 aromatic carbocycles. The van der Waals surface area contributed by atoms with E-state index in [9.17, 15) is 14.4 Å². The molecule has 3 heterocycles. The van der Waals surface area contributed by atoms with Crippen molar-refractivity contribution in [1.82, 2.24) is 10.4 Å². The second-order valence-corrected chi connectivity index (χ2v) is 8.21. The Kier molecular flexibility index (Phi) is 6.68. The fraction of sp³-hybridized carbons (Fsp3) is 0.318. The van der Waals surface area contributed by atoms with Crippen molar-refractivity contribution in [2.24, 2.45) is 10.2 Å². The van der Waals surface area contributed by atoms with Gasteiger partial charge in [-0.15, -0.1) is 11.3 Å². The third kappa shape index (κ3) is 4.87. The van der Waals surface area contributed by atoms with Crippen molar-refractivity contribution < 1.29 is 28.6 Å². The lowest BCUT2D eigenvalue weighted by molar-refractivity contribution is -0.148. The number of hydrogen-bond acceptors (Lipinski definition) is 9. The highest BCUT2D eigenvalue weighted by molar-refractivity contribution is 7.12. The number of amides is 2. The van der Waals surface area contributed by atoms with Crippen LogP contribution in [-0.4, -0.2) is 55.0 Å². The van der Waals surface area contributed by atoms with E-state index >= 15 is 0 Å². The molecule has 2 aromatic rings. The number of ether oxygens (including phenoxy) is 3. The number of carbonyl (C=O) groups is 3. The first-order valence-electron chi connectivity index (χ1n) is 10.2. The Morgan fingerprint density at radius 3 is 2.67 bits per heavy atom. The SMILES string of the molecule is COc1ccc(C2CC(c3cccs3)=NN2C(=O)COC(=O)C2=NNC(=O)CC2)cc1OC. The summed E-state index contributed by atoms with van der Waals surface area (Å²) in [7, 11) is 3.10. The first kappa shape index (κ1) is 22.5. The molecule has 11 heteroatoms. The number of benzene rings is 1. The van der Waals surface area contributed by atoms with Crippen LogP contribution < -0.4 is 14.9 Å². The van der Waals surface area contributed by atoms with Crippen molar-refractivity contribution in [3.8, 4) is 11.5 Å². The summed E-state index contributed by atoms with van der Waals surface area (Å²) in [6, 6.07) is 8.89. The molecule has 2 aliphatic rings. The Balaban J connectivity index is 1.53. The topological polar surface area (TPSA) is 119 Å². The van der Waals surface area contributed by atoms with E-state index < -0.39 is 24.5 Å². The van der Waals surface area contributed by atoms with Gasteiger partial charge >= 0.3 is 5.97 Å². The first-order chi connectivity index (χ1) is 16.0. The first-order valence-corrected chi connectivity index (χ1v) is 11.1. The summed E-state index contributed by atoms with van der Waals surface area (Å²) in [5, 5.41) is 11.5. The number of hydrogen-bond donors (Lipinski definition) is 1. The molecule has 0 aliphatic carbocycles. The summed E-state index contributed by atoms with van der Waals surface area (Å²) in [6.07, 6.45) is 0.801. The van der Waals surface area contributed by atoms with E-state index in [1.54, 1.807) is 20.3 Å². The van der Waals surface area contributed by atoms with E-state index in [1.807, 2.05) is 29.6 Å². The second kappa shape index (κ2) is 9.82. The largest absolute Gasteiger partial charge is 0.493 e. The van der Waals surface area contributed by atoms with Gasteiger partial charge in [-0.3, -0.25) is 9.59 Å². The van der Waals surface area contributed by atoms with Gasteiger partial charge in [0.1, 0.15) is 5.71 Å². The highest BCUT2D eigenvalue weighted by Crippen LogP contribution is 2.37. The average molecular weight is 471 g/mol. The molecule has 1 unspecified atom stereocenters. The van der Waals surface area contributed by atoms with Crippen molar-refractivity contribution in [3.63, 3.8) is 0 Å². The van der Waals surface area contributed by atoms with Crippen LogP contribution in [0.4, 0.5) is 0 Å². The number of hydrazone groups is 2. The summed E-state index contributed by atoms with van der Waals surface area (Å²) in [5.41, 5.74) is 3.88. The molecule has 172 valence electrons. The summed E-state index contributed by atoms with van der Waals surface area (Å²) in [6.45, 7) is -0.503. The molecule has 33 heavy (non-hydrogen) atoms. The second-order valence-electron chi connectivity index (χ2n) is 7.27. The van der Waals surface area contributed by atoms with Crippen LogP contribution >= 0.6 is 11.3 Å². The molecule has 1 N–H and O–H groups in total. The van der Waals surface area contributed by atoms with Gasteiger partial charge in [-0.25, -0.2) is 15.2 Å². The molecule has 0 bridgehead atoms. The molecule has 0 saturated heterocycles. The lowest BCUT2D eigenvalue weighted by Gasteiger charge is -2.23. The number of nitrogens with zero attached hydrogens (tertiary/aromatic N) is 3. The molecule has 4 rings (SSSR count). The summed E-state index contributed by atoms with van der Waals surface area (Å²) >= 11 is 1.53. The Bertz CT molecular complexity index is 1130. The van der Waals surface area contributed by atoms with Crippen LogP contribution in [0.15, 0.2) is 45.9 Å². The van der Waals surface area contributed by atoms with E-state index in [0.29, 0.717) is 17.9 Å². The smallest absolute Gasteiger partial charge is 0.355 e. The van der Waals surface area contributed by atoms with Crippen LogP contribution in [0.25, 0.3) is 0 Å². The third-order valence-corrected chi connectivity index (χ3v) is 6.15. The van der Waals surface area contributed by atoms with Crippen molar-refractivity contribution in [2.45, 2.75) is 25.3 Å². The minimum Gasteiger partial charge on any atom is -0.493 e. The van der Waals surface area contributed by atoms with Gasteiger partial charge in [0.15, 0.2) is 18.1 Å². The number of nitrogens with one attached hydrogen (secondary N) is 1. The Labute approximate surface area is 193 Å². The third-order valence-electron chi connectivity index (χ3n) is 5.23. The van der Waals surface area contributed by atoms with Crippen LogP contribution in [0.3, 0.4) is 0 Å². The van der Waals surface area contributed by atoms with Gasteiger partial charge in [-0.05, 0) is 29.1 Å². The molecule has 10 nitrogen and oxygen atoms in total. The zero-order valence-electron chi connectivity index (χ0n) is 18.1. The minimum atomic E-state index is -0.743. The molecular weight excluding hydrogens is 448 g/mol. The van der Waals surface area contributed by atoms with Gasteiger partial charge in [0.2, 0.25) is 5.91 Å². The van der Waals surface area contributed by atoms with E-state index in [4.69, 9.17) is 14.2 Å². The molecule has 2 amide bonds. The van der Waals surface area contributed by atoms with Crippen LogP contribution in [-0.2, 0) is 19.1 Å². The van der Waals surface area contributed by atoms with Gasteiger partial charge in [-0.1, -0.05) is 12.1 Å². The van der Waals surface area contributed by atoms with E-state index in [0.717, 1.165) is 16.2 Å². The molecule has 2 aliphatic heterocycles. The van der Waals surface area contributed by atoms with Crippen LogP contribution in [0, 0.1) is 0 Å². The van der Waals surface area contributed by atoms with E-state index in [2.05, 4.69) is 15.6 Å². The monoisotopic (exact) mass is 470 g/mol. The van der Waals surface area contributed by atoms with Crippen LogP contribution in [0.2, 0.25) is 0 Å². The van der Waals surface area contributed by atoms with Gasteiger partial charge in [0.05, 0.1) is 30.9 Å². The van der Waals surface area contributed by atoms with Gasteiger partial charge in [0, 0.05) is 19.3 Å². The van der Waals surface area contributed by atoms with Crippen molar-refractivity contribution in [2.75, 3.05) is 20.8 Å². The van der Waals surface area contributed by atoms with Gasteiger partial charge in [-0.2, -0.15) is 10.2 Å². The van der Waals surface area contributed by atoms with Crippen molar-refractivity contribution in [1.29, 1.82) is 0 Å². The summed E-state index contributed by atoms with van der Waals surface area (Å²) in [5.74, 6) is -0.378.